The molecule has 0 spiro atoms. The third-order valence-corrected chi connectivity index (χ3v) is 4.69. The minimum Gasteiger partial charge on any atom is -0.330 e. The Bertz CT molecular complexity index is 594. The van der Waals surface area contributed by atoms with Crippen molar-refractivity contribution >= 4 is 11.0 Å². The first-order valence-electron chi connectivity index (χ1n) is 8.03. The third-order valence-electron chi connectivity index (χ3n) is 4.69. The van der Waals surface area contributed by atoms with Crippen LogP contribution in [0.3, 0.4) is 0 Å². The van der Waals surface area contributed by atoms with Crippen molar-refractivity contribution in [2.24, 2.45) is 7.05 Å². The number of nitrogens with one attached hydrogen (secondary N) is 1. The average Bonchev–Trinajstić information content (AvgIpc) is 2.82. The van der Waals surface area contributed by atoms with E-state index in [0.29, 0.717) is 12.1 Å². The minimum absolute atomic E-state index is 0.625. The van der Waals surface area contributed by atoms with Crippen molar-refractivity contribution in [3.8, 4) is 0 Å². The van der Waals surface area contributed by atoms with Gasteiger partial charge in [-0.2, -0.15) is 0 Å². The molecule has 1 N–H and O–H groups in total. The summed E-state index contributed by atoms with van der Waals surface area (Å²) in [6.45, 7) is 7.84. The predicted octanol–water partition coefficient (Wildman–Crippen LogP) is 2.54. The molecule has 4 nitrogen and oxygen atoms in total. The van der Waals surface area contributed by atoms with Gasteiger partial charge >= 0.3 is 0 Å². The summed E-state index contributed by atoms with van der Waals surface area (Å²) in [4.78, 5) is 7.29. The van der Waals surface area contributed by atoms with E-state index in [4.69, 9.17) is 4.98 Å². The molecular weight excluding hydrogens is 260 g/mol. The molecule has 0 radical (unpaired) electrons. The molecule has 21 heavy (non-hydrogen) atoms. The molecule has 1 aromatic carbocycles. The third kappa shape index (κ3) is 3.11. The highest BCUT2D eigenvalue weighted by Gasteiger charge is 2.20. The molecule has 0 saturated carbocycles. The SMILES string of the molecule is CC(C)N1CCC(NCc2nc3ccccc3n2C)CC1. The molecule has 1 aliphatic rings. The smallest absolute Gasteiger partial charge is 0.123 e. The van der Waals surface area contributed by atoms with Gasteiger partial charge in [-0.1, -0.05) is 12.1 Å². The van der Waals surface area contributed by atoms with Gasteiger partial charge in [-0.05, 0) is 51.9 Å². The maximum absolute atomic E-state index is 4.73. The minimum atomic E-state index is 0.625. The number of fused-ring (bicyclic) bond motifs is 1. The first kappa shape index (κ1) is 14.5. The number of hydrogen-bond acceptors (Lipinski definition) is 3. The van der Waals surface area contributed by atoms with Crippen molar-refractivity contribution in [2.75, 3.05) is 13.1 Å². The highest BCUT2D eigenvalue weighted by atomic mass is 15.2. The molecule has 1 saturated heterocycles. The van der Waals surface area contributed by atoms with E-state index in [9.17, 15) is 0 Å². The molecular formula is C17H26N4. The summed E-state index contributed by atoms with van der Waals surface area (Å²) in [7, 11) is 2.10. The molecule has 0 bridgehead atoms. The summed E-state index contributed by atoms with van der Waals surface area (Å²) < 4.78 is 2.20. The topological polar surface area (TPSA) is 33.1 Å². The van der Waals surface area contributed by atoms with Crippen LogP contribution in [0, 0.1) is 0 Å². The summed E-state index contributed by atoms with van der Waals surface area (Å²) in [6.07, 6.45) is 2.48. The average molecular weight is 286 g/mol. The second kappa shape index (κ2) is 6.16. The van der Waals surface area contributed by atoms with Gasteiger partial charge < -0.3 is 14.8 Å². The number of aryl methyl sites for hydroxylation is 1. The quantitative estimate of drug-likeness (QED) is 0.937. The van der Waals surface area contributed by atoms with E-state index in [2.05, 4.69) is 53.9 Å². The Labute approximate surface area is 127 Å². The number of hydrogen-bond donors (Lipinski definition) is 1. The Morgan fingerprint density at radius 2 is 1.95 bits per heavy atom. The lowest BCUT2D eigenvalue weighted by Gasteiger charge is -2.34. The normalized spacial score (nSPS) is 17.9. The Morgan fingerprint density at radius 1 is 1.24 bits per heavy atom. The zero-order valence-corrected chi connectivity index (χ0v) is 13.3. The molecule has 1 aromatic heterocycles. The number of nitrogens with zero attached hydrogens (tertiary/aromatic N) is 3. The zero-order valence-electron chi connectivity index (χ0n) is 13.3. The summed E-state index contributed by atoms with van der Waals surface area (Å²) >= 11 is 0. The molecule has 1 fully saturated rings. The molecule has 0 atom stereocenters. The van der Waals surface area contributed by atoms with Gasteiger partial charge in [0.2, 0.25) is 0 Å². The van der Waals surface area contributed by atoms with E-state index in [-0.39, 0.29) is 0 Å². The summed E-state index contributed by atoms with van der Waals surface area (Å²) in [5.41, 5.74) is 2.30. The first-order chi connectivity index (χ1) is 10.1. The van der Waals surface area contributed by atoms with Crippen LogP contribution in [-0.4, -0.2) is 39.6 Å². The van der Waals surface area contributed by atoms with Crippen LogP contribution in [0.1, 0.15) is 32.5 Å². The Morgan fingerprint density at radius 3 is 2.62 bits per heavy atom. The fourth-order valence-corrected chi connectivity index (χ4v) is 3.21. The number of benzene rings is 1. The van der Waals surface area contributed by atoms with Gasteiger partial charge in [-0.25, -0.2) is 4.98 Å². The van der Waals surface area contributed by atoms with Crippen LogP contribution in [-0.2, 0) is 13.6 Å². The summed E-state index contributed by atoms with van der Waals surface area (Å²) in [6, 6.07) is 9.63. The number of likely N-dealkylation sites (tertiary alicyclic amines) is 1. The molecule has 114 valence electrons. The molecule has 0 amide bonds. The fourth-order valence-electron chi connectivity index (χ4n) is 3.21. The Kier molecular flexibility index (Phi) is 4.27. The highest BCUT2D eigenvalue weighted by Crippen LogP contribution is 2.16. The van der Waals surface area contributed by atoms with Crippen molar-refractivity contribution in [1.82, 2.24) is 19.8 Å². The van der Waals surface area contributed by atoms with Gasteiger partial charge in [-0.3, -0.25) is 0 Å². The van der Waals surface area contributed by atoms with E-state index in [1.165, 1.54) is 31.4 Å². The van der Waals surface area contributed by atoms with Crippen molar-refractivity contribution in [3.05, 3.63) is 30.1 Å². The van der Waals surface area contributed by atoms with Gasteiger partial charge in [0.25, 0.3) is 0 Å². The van der Waals surface area contributed by atoms with E-state index in [1.54, 1.807) is 0 Å². The van der Waals surface area contributed by atoms with E-state index in [1.807, 2.05) is 6.07 Å². The largest absolute Gasteiger partial charge is 0.330 e. The van der Waals surface area contributed by atoms with Gasteiger partial charge in [0.1, 0.15) is 5.82 Å². The van der Waals surface area contributed by atoms with Gasteiger partial charge in [-0.15, -0.1) is 0 Å². The lowest BCUT2D eigenvalue weighted by molar-refractivity contribution is 0.160. The van der Waals surface area contributed by atoms with Gasteiger partial charge in [0, 0.05) is 19.1 Å². The lowest BCUT2D eigenvalue weighted by atomic mass is 10.0. The zero-order chi connectivity index (χ0) is 14.8. The van der Waals surface area contributed by atoms with Crippen LogP contribution in [0.25, 0.3) is 11.0 Å². The monoisotopic (exact) mass is 286 g/mol. The first-order valence-corrected chi connectivity index (χ1v) is 8.03. The standard InChI is InChI=1S/C17H26N4/c1-13(2)21-10-8-14(9-11-21)18-12-17-19-15-6-4-5-7-16(15)20(17)3/h4-7,13-14,18H,8-12H2,1-3H3. The van der Waals surface area contributed by atoms with E-state index in [0.717, 1.165) is 17.9 Å². The summed E-state index contributed by atoms with van der Waals surface area (Å²) in [5.74, 6) is 1.13. The van der Waals surface area contributed by atoms with Crippen LogP contribution in [0.5, 0.6) is 0 Å². The number of rotatable bonds is 4. The molecule has 2 heterocycles. The highest BCUT2D eigenvalue weighted by molar-refractivity contribution is 5.75. The van der Waals surface area contributed by atoms with Crippen LogP contribution in [0.4, 0.5) is 0 Å². The van der Waals surface area contributed by atoms with Crippen molar-refractivity contribution < 1.29 is 0 Å². The van der Waals surface area contributed by atoms with E-state index >= 15 is 0 Å². The van der Waals surface area contributed by atoms with Crippen LogP contribution in [0.2, 0.25) is 0 Å². The van der Waals surface area contributed by atoms with E-state index < -0.39 is 0 Å². The van der Waals surface area contributed by atoms with Crippen LogP contribution >= 0.6 is 0 Å². The molecule has 2 aromatic rings. The molecule has 3 rings (SSSR count). The number of aromatic nitrogens is 2. The van der Waals surface area contributed by atoms with Crippen molar-refractivity contribution in [3.63, 3.8) is 0 Å². The van der Waals surface area contributed by atoms with Crippen molar-refractivity contribution in [1.29, 1.82) is 0 Å². The number of para-hydroxylation sites is 2. The lowest BCUT2D eigenvalue weighted by Crippen LogP contribution is -2.44. The molecule has 4 heteroatoms. The second-order valence-electron chi connectivity index (χ2n) is 6.36. The summed E-state index contributed by atoms with van der Waals surface area (Å²) in [5, 5.41) is 3.69. The van der Waals surface area contributed by atoms with Gasteiger partial charge in [0.15, 0.2) is 0 Å². The predicted molar refractivity (Wildman–Crippen MR) is 87.3 cm³/mol. The fraction of sp³-hybridized carbons (Fsp3) is 0.588. The molecule has 0 aliphatic carbocycles. The number of piperidine rings is 1. The Balaban J connectivity index is 1.59. The maximum Gasteiger partial charge on any atom is 0.123 e. The molecule has 0 unspecified atom stereocenters. The van der Waals surface area contributed by atoms with Crippen LogP contribution in [0.15, 0.2) is 24.3 Å². The second-order valence-corrected chi connectivity index (χ2v) is 6.36. The van der Waals surface area contributed by atoms with Crippen molar-refractivity contribution in [2.45, 2.75) is 45.3 Å². The molecule has 1 aliphatic heterocycles. The maximum atomic E-state index is 4.73. The Hall–Kier alpha value is -1.39. The van der Waals surface area contributed by atoms with Gasteiger partial charge in [0.05, 0.1) is 17.6 Å². The number of imidazole rings is 1. The van der Waals surface area contributed by atoms with Crippen LogP contribution < -0.4 is 5.32 Å².